The Morgan fingerprint density at radius 2 is 1.90 bits per heavy atom. The molecule has 0 radical (unpaired) electrons. The van der Waals surface area contributed by atoms with E-state index in [1.807, 2.05) is 43.3 Å². The van der Waals surface area contributed by atoms with Crippen LogP contribution in [0.2, 0.25) is 5.02 Å². The number of benzene rings is 2. The number of rotatable bonds is 8. The van der Waals surface area contributed by atoms with Crippen molar-refractivity contribution in [2.24, 2.45) is 5.10 Å². The first kappa shape index (κ1) is 22.0. The first-order valence-corrected chi connectivity index (χ1v) is 10.6. The fourth-order valence-corrected chi connectivity index (χ4v) is 3.44. The van der Waals surface area contributed by atoms with Crippen LogP contribution >= 0.6 is 34.2 Å². The van der Waals surface area contributed by atoms with Crippen molar-refractivity contribution >= 4 is 46.3 Å². The van der Waals surface area contributed by atoms with E-state index in [-0.39, 0.29) is 5.91 Å². The van der Waals surface area contributed by atoms with E-state index in [1.165, 1.54) is 0 Å². The Balaban J connectivity index is 1.71. The Hall–Kier alpha value is -2.65. The lowest BCUT2D eigenvalue weighted by Gasteiger charge is -2.15. The Labute approximate surface area is 193 Å². The van der Waals surface area contributed by atoms with Gasteiger partial charge in [-0.05, 0) is 77.0 Å². The first-order valence-electron chi connectivity index (χ1n) is 9.14. The van der Waals surface area contributed by atoms with Crippen molar-refractivity contribution < 1.29 is 14.3 Å². The van der Waals surface area contributed by atoms with Crippen LogP contribution in [0.3, 0.4) is 0 Å². The molecule has 0 bridgehead atoms. The fraction of sp³-hybridized carbons (Fsp3) is 0.136. The largest absolute Gasteiger partial charge is 0.490 e. The third-order valence-electron chi connectivity index (χ3n) is 3.95. The second-order valence-corrected chi connectivity index (χ2v) is 7.71. The third-order valence-corrected chi connectivity index (χ3v) is 5.00. The first-order chi connectivity index (χ1) is 14.6. The van der Waals surface area contributed by atoms with Crippen molar-refractivity contribution in [3.05, 3.63) is 86.2 Å². The van der Waals surface area contributed by atoms with Crippen LogP contribution in [0.4, 0.5) is 0 Å². The standard InChI is InChI=1S/C22H19ClIN3O3/c1-2-29-20-12-16(13-26-27-22(28)17-7-9-25-10-8-17)11-19(24)21(20)30-14-15-3-5-18(23)6-4-15/h3-13H,2,14H2,1H3,(H,27,28)/b26-13-. The van der Waals surface area contributed by atoms with Gasteiger partial charge in [-0.2, -0.15) is 5.10 Å². The summed E-state index contributed by atoms with van der Waals surface area (Å²) < 4.78 is 12.6. The number of halogens is 2. The molecule has 3 rings (SSSR count). The molecule has 0 atom stereocenters. The number of nitrogens with zero attached hydrogens (tertiary/aromatic N) is 2. The fourth-order valence-electron chi connectivity index (χ4n) is 2.53. The molecular formula is C22H19ClIN3O3. The lowest BCUT2D eigenvalue weighted by molar-refractivity contribution is 0.0955. The van der Waals surface area contributed by atoms with Crippen molar-refractivity contribution in [2.75, 3.05) is 6.61 Å². The molecule has 1 N–H and O–H groups in total. The van der Waals surface area contributed by atoms with Gasteiger partial charge in [0, 0.05) is 23.0 Å². The van der Waals surface area contributed by atoms with Crippen LogP contribution in [-0.4, -0.2) is 23.7 Å². The van der Waals surface area contributed by atoms with Gasteiger partial charge in [0.2, 0.25) is 0 Å². The molecular weight excluding hydrogens is 517 g/mol. The number of pyridine rings is 1. The van der Waals surface area contributed by atoms with Crippen molar-refractivity contribution in [2.45, 2.75) is 13.5 Å². The number of carbonyl (C=O) groups is 1. The topological polar surface area (TPSA) is 72.8 Å². The van der Waals surface area contributed by atoms with Crippen molar-refractivity contribution in [1.29, 1.82) is 0 Å². The van der Waals surface area contributed by atoms with Gasteiger partial charge in [-0.15, -0.1) is 0 Å². The van der Waals surface area contributed by atoms with Crippen molar-refractivity contribution in [3.63, 3.8) is 0 Å². The van der Waals surface area contributed by atoms with Gasteiger partial charge in [0.15, 0.2) is 11.5 Å². The highest BCUT2D eigenvalue weighted by atomic mass is 127. The van der Waals surface area contributed by atoms with Crippen LogP contribution < -0.4 is 14.9 Å². The molecule has 0 aliphatic heterocycles. The second-order valence-electron chi connectivity index (χ2n) is 6.11. The zero-order valence-corrected chi connectivity index (χ0v) is 19.1. The van der Waals surface area contributed by atoms with E-state index in [0.29, 0.717) is 35.3 Å². The van der Waals surface area contributed by atoms with Gasteiger partial charge in [-0.1, -0.05) is 23.7 Å². The smallest absolute Gasteiger partial charge is 0.271 e. The highest BCUT2D eigenvalue weighted by Crippen LogP contribution is 2.34. The quantitative estimate of drug-likeness (QED) is 0.248. The van der Waals surface area contributed by atoms with Crippen LogP contribution in [0.25, 0.3) is 0 Å². The van der Waals surface area contributed by atoms with E-state index in [2.05, 4.69) is 38.1 Å². The van der Waals surface area contributed by atoms with E-state index in [1.54, 1.807) is 30.7 Å². The molecule has 2 aromatic carbocycles. The third kappa shape index (κ3) is 6.17. The van der Waals surface area contributed by atoms with Gasteiger partial charge in [0.25, 0.3) is 5.91 Å². The van der Waals surface area contributed by atoms with Crippen molar-refractivity contribution in [1.82, 2.24) is 10.4 Å². The molecule has 0 fully saturated rings. The van der Waals surface area contributed by atoms with Gasteiger partial charge in [0.1, 0.15) is 6.61 Å². The SMILES string of the molecule is CCOc1cc(/C=N\NC(=O)c2ccncc2)cc(I)c1OCc1ccc(Cl)cc1. The number of carbonyl (C=O) groups excluding carboxylic acids is 1. The van der Waals surface area contributed by atoms with Gasteiger partial charge in [-0.3, -0.25) is 9.78 Å². The van der Waals surface area contributed by atoms with Gasteiger partial charge < -0.3 is 9.47 Å². The zero-order valence-electron chi connectivity index (χ0n) is 16.1. The van der Waals surface area contributed by atoms with Crippen LogP contribution in [0.5, 0.6) is 11.5 Å². The summed E-state index contributed by atoms with van der Waals surface area (Å²) >= 11 is 8.12. The second kappa shape index (κ2) is 10.9. The highest BCUT2D eigenvalue weighted by molar-refractivity contribution is 14.1. The van der Waals surface area contributed by atoms with Gasteiger partial charge >= 0.3 is 0 Å². The molecule has 0 aliphatic carbocycles. The maximum atomic E-state index is 12.1. The van der Waals surface area contributed by atoms with Crippen LogP contribution in [-0.2, 0) is 6.61 Å². The molecule has 1 aromatic heterocycles. The Bertz CT molecular complexity index is 1030. The van der Waals surface area contributed by atoms with Crippen molar-refractivity contribution in [3.8, 4) is 11.5 Å². The molecule has 0 aliphatic rings. The van der Waals surface area contributed by atoms with Crippen LogP contribution in [0.15, 0.2) is 66.0 Å². The lowest BCUT2D eigenvalue weighted by Crippen LogP contribution is -2.17. The highest BCUT2D eigenvalue weighted by Gasteiger charge is 2.12. The number of hydrazone groups is 1. The molecule has 30 heavy (non-hydrogen) atoms. The molecule has 154 valence electrons. The summed E-state index contributed by atoms with van der Waals surface area (Å²) in [5.74, 6) is 0.960. The minimum atomic E-state index is -0.309. The number of ether oxygens (including phenoxy) is 2. The number of hydrogen-bond donors (Lipinski definition) is 1. The zero-order chi connectivity index (χ0) is 21.3. The lowest BCUT2D eigenvalue weighted by atomic mass is 10.2. The molecule has 6 nitrogen and oxygen atoms in total. The van der Waals surface area contributed by atoms with Crippen LogP contribution in [0.1, 0.15) is 28.4 Å². The Morgan fingerprint density at radius 3 is 2.60 bits per heavy atom. The normalized spacial score (nSPS) is 10.8. The van der Waals surface area contributed by atoms with E-state index in [0.717, 1.165) is 14.7 Å². The Kier molecular flexibility index (Phi) is 8.04. The summed E-state index contributed by atoms with van der Waals surface area (Å²) in [6.07, 6.45) is 4.67. The minimum Gasteiger partial charge on any atom is -0.490 e. The summed E-state index contributed by atoms with van der Waals surface area (Å²) in [5, 5.41) is 4.72. The average Bonchev–Trinajstić information content (AvgIpc) is 2.75. The molecule has 3 aromatic rings. The summed E-state index contributed by atoms with van der Waals surface area (Å²) in [6, 6.07) is 14.5. The predicted molar refractivity (Wildman–Crippen MR) is 125 cm³/mol. The number of nitrogens with one attached hydrogen (secondary N) is 1. The number of hydrogen-bond acceptors (Lipinski definition) is 5. The summed E-state index contributed by atoms with van der Waals surface area (Å²) in [5.41, 5.74) is 4.76. The molecule has 8 heteroatoms. The van der Waals surface area contributed by atoms with Crippen LogP contribution in [0, 0.1) is 3.57 Å². The molecule has 1 heterocycles. The monoisotopic (exact) mass is 535 g/mol. The number of aromatic nitrogens is 1. The maximum absolute atomic E-state index is 12.1. The van der Waals surface area contributed by atoms with E-state index < -0.39 is 0 Å². The molecule has 0 spiro atoms. The Morgan fingerprint density at radius 1 is 1.17 bits per heavy atom. The maximum Gasteiger partial charge on any atom is 0.271 e. The van der Waals surface area contributed by atoms with E-state index in [4.69, 9.17) is 21.1 Å². The minimum absolute atomic E-state index is 0.309. The molecule has 0 saturated heterocycles. The summed E-state index contributed by atoms with van der Waals surface area (Å²) in [6.45, 7) is 2.79. The summed E-state index contributed by atoms with van der Waals surface area (Å²) in [4.78, 5) is 15.9. The average molecular weight is 536 g/mol. The van der Waals surface area contributed by atoms with E-state index in [9.17, 15) is 4.79 Å². The van der Waals surface area contributed by atoms with Gasteiger partial charge in [0.05, 0.1) is 16.4 Å². The van der Waals surface area contributed by atoms with E-state index >= 15 is 0 Å². The number of amides is 1. The van der Waals surface area contributed by atoms with Gasteiger partial charge in [-0.25, -0.2) is 5.43 Å². The molecule has 1 amide bonds. The predicted octanol–water partition coefficient (Wildman–Crippen LogP) is 5.08. The molecule has 0 saturated carbocycles. The summed E-state index contributed by atoms with van der Waals surface area (Å²) in [7, 11) is 0. The molecule has 0 unspecified atom stereocenters.